The van der Waals surface area contributed by atoms with Crippen molar-refractivity contribution in [2.75, 3.05) is 50.1 Å². The molecule has 1 aliphatic rings. The van der Waals surface area contributed by atoms with Crippen LogP contribution >= 0.6 is 0 Å². The topological polar surface area (TPSA) is 78.9 Å². The minimum Gasteiger partial charge on any atom is -0.464 e. The van der Waals surface area contributed by atoms with Crippen molar-refractivity contribution in [3.05, 3.63) is 59.5 Å². The lowest BCUT2D eigenvalue weighted by Crippen LogP contribution is -3.15. The normalized spacial score (nSPS) is 14.5. The molecule has 2 heterocycles. The predicted octanol–water partition coefficient (Wildman–Crippen LogP) is 2.14. The Bertz CT molecular complexity index is 1120. The summed E-state index contributed by atoms with van der Waals surface area (Å²) in [7, 11) is 1.32. The number of halogens is 1. The van der Waals surface area contributed by atoms with Crippen molar-refractivity contribution < 1.29 is 23.6 Å². The monoisotopic (exact) mass is 439 g/mol. The van der Waals surface area contributed by atoms with Crippen LogP contribution in [-0.2, 0) is 9.53 Å². The largest absolute Gasteiger partial charge is 0.464 e. The first-order valence-electron chi connectivity index (χ1n) is 10.8. The van der Waals surface area contributed by atoms with E-state index in [1.165, 1.54) is 24.1 Å². The molecule has 0 saturated carbocycles. The molecule has 7 nitrogen and oxygen atoms in total. The number of fused-ring (bicyclic) bond motifs is 1. The van der Waals surface area contributed by atoms with Crippen LogP contribution in [0.15, 0.2) is 42.5 Å². The van der Waals surface area contributed by atoms with E-state index in [0.29, 0.717) is 18.7 Å². The highest BCUT2D eigenvalue weighted by Crippen LogP contribution is 2.29. The molecule has 0 radical (unpaired) electrons. The van der Waals surface area contributed by atoms with Crippen LogP contribution in [0.1, 0.15) is 22.5 Å². The Morgan fingerprint density at radius 3 is 2.56 bits per heavy atom. The lowest BCUT2D eigenvalue weighted by molar-refractivity contribution is -0.900. The highest BCUT2D eigenvalue weighted by atomic mass is 19.1. The second-order valence-electron chi connectivity index (χ2n) is 8.18. The molecular weight excluding hydrogens is 411 g/mol. The number of aryl methyl sites for hydroxylation is 1. The number of esters is 1. The minimum atomic E-state index is -0.517. The summed E-state index contributed by atoms with van der Waals surface area (Å²) in [4.78, 5) is 31.6. The van der Waals surface area contributed by atoms with Gasteiger partial charge in [0.15, 0.2) is 0 Å². The molecule has 0 spiro atoms. The molecule has 1 amide bonds. The number of hydrogen-bond donors (Lipinski definition) is 3. The number of nitrogens with one attached hydrogen (secondary N) is 3. The number of hydrogen-bond acceptors (Lipinski definition) is 4. The number of H-pyrrole nitrogens is 1. The van der Waals surface area contributed by atoms with E-state index in [1.54, 1.807) is 12.1 Å². The summed E-state index contributed by atoms with van der Waals surface area (Å²) in [5.74, 6) is -0.882. The fraction of sp³-hybridized carbons (Fsp3) is 0.333. The van der Waals surface area contributed by atoms with Gasteiger partial charge in [-0.3, -0.25) is 4.79 Å². The van der Waals surface area contributed by atoms with Crippen LogP contribution in [0.2, 0.25) is 0 Å². The molecule has 0 atom stereocenters. The van der Waals surface area contributed by atoms with Gasteiger partial charge in [0.2, 0.25) is 5.91 Å². The maximum Gasteiger partial charge on any atom is 0.356 e. The molecule has 1 fully saturated rings. The standard InChI is InChI=1S/C24H27FN4O3/c1-16-3-8-20-19(15-16)22(23(26-20)24(31)32-2)27-21(30)9-10-28-11-13-29(14-12-28)18-6-4-17(25)5-7-18/h3-8,15,26H,9-14H2,1-2H3,(H,27,30)/p+1. The number of amides is 1. The average molecular weight is 440 g/mol. The Kier molecular flexibility index (Phi) is 6.41. The predicted molar refractivity (Wildman–Crippen MR) is 122 cm³/mol. The Hall–Kier alpha value is -3.39. The zero-order valence-electron chi connectivity index (χ0n) is 18.3. The molecule has 32 heavy (non-hydrogen) atoms. The van der Waals surface area contributed by atoms with Gasteiger partial charge in [-0.05, 0) is 43.3 Å². The van der Waals surface area contributed by atoms with Crippen molar-refractivity contribution in [1.82, 2.24) is 4.98 Å². The molecule has 2 aromatic carbocycles. The smallest absolute Gasteiger partial charge is 0.356 e. The molecule has 0 unspecified atom stereocenters. The molecule has 4 rings (SSSR count). The van der Waals surface area contributed by atoms with E-state index < -0.39 is 5.97 Å². The quantitative estimate of drug-likeness (QED) is 0.515. The third-order valence-electron chi connectivity index (χ3n) is 5.98. The first kappa shape index (κ1) is 21.8. The van der Waals surface area contributed by atoms with E-state index in [9.17, 15) is 14.0 Å². The molecule has 8 heteroatoms. The number of rotatable bonds is 6. The molecule has 0 bridgehead atoms. The van der Waals surface area contributed by atoms with Gasteiger partial charge in [0.1, 0.15) is 11.5 Å². The number of carbonyl (C=O) groups excluding carboxylic acids is 2. The first-order chi connectivity index (χ1) is 15.4. The maximum atomic E-state index is 13.1. The van der Waals surface area contributed by atoms with E-state index >= 15 is 0 Å². The van der Waals surface area contributed by atoms with Crippen LogP contribution in [0, 0.1) is 12.7 Å². The second kappa shape index (κ2) is 9.40. The van der Waals surface area contributed by atoms with E-state index in [4.69, 9.17) is 4.74 Å². The number of benzene rings is 2. The Balaban J connectivity index is 1.35. The molecule has 3 aromatic rings. The number of quaternary nitrogens is 1. The fourth-order valence-electron chi connectivity index (χ4n) is 4.17. The van der Waals surface area contributed by atoms with Crippen molar-refractivity contribution in [1.29, 1.82) is 0 Å². The third-order valence-corrected chi connectivity index (χ3v) is 5.98. The number of aromatic amines is 1. The summed E-state index contributed by atoms with van der Waals surface area (Å²) in [6, 6.07) is 12.3. The number of nitrogens with zero attached hydrogens (tertiary/aromatic N) is 1. The molecule has 1 aliphatic heterocycles. The van der Waals surface area contributed by atoms with Gasteiger partial charge in [-0.15, -0.1) is 0 Å². The third kappa shape index (κ3) is 4.75. The van der Waals surface area contributed by atoms with E-state index in [-0.39, 0.29) is 17.4 Å². The Morgan fingerprint density at radius 1 is 1.16 bits per heavy atom. The van der Waals surface area contributed by atoms with E-state index in [1.807, 2.05) is 25.1 Å². The second-order valence-corrected chi connectivity index (χ2v) is 8.18. The molecule has 0 aliphatic carbocycles. The van der Waals surface area contributed by atoms with Gasteiger partial charge in [-0.2, -0.15) is 0 Å². The van der Waals surface area contributed by atoms with Gasteiger partial charge in [0.25, 0.3) is 0 Å². The number of carbonyl (C=O) groups is 2. The van der Waals surface area contributed by atoms with Gasteiger partial charge in [0.05, 0.1) is 51.9 Å². The van der Waals surface area contributed by atoms with E-state index in [2.05, 4.69) is 15.2 Å². The zero-order chi connectivity index (χ0) is 22.7. The fourth-order valence-corrected chi connectivity index (χ4v) is 4.17. The summed E-state index contributed by atoms with van der Waals surface area (Å²) in [6.45, 7) is 6.20. The van der Waals surface area contributed by atoms with Crippen molar-refractivity contribution in [3.63, 3.8) is 0 Å². The lowest BCUT2D eigenvalue weighted by Gasteiger charge is -2.33. The van der Waals surface area contributed by atoms with Crippen LogP contribution in [0.5, 0.6) is 0 Å². The van der Waals surface area contributed by atoms with Crippen LogP contribution in [0.25, 0.3) is 10.9 Å². The summed E-state index contributed by atoms with van der Waals surface area (Å²) >= 11 is 0. The summed E-state index contributed by atoms with van der Waals surface area (Å²) < 4.78 is 18.0. The number of ether oxygens (including phenoxy) is 1. The summed E-state index contributed by atoms with van der Waals surface area (Å²) in [5, 5.41) is 3.72. The SMILES string of the molecule is COC(=O)c1[nH]c2ccc(C)cc2c1NC(=O)CC[NH+]1CCN(c2ccc(F)cc2)CC1. The highest BCUT2D eigenvalue weighted by molar-refractivity contribution is 6.11. The van der Waals surface area contributed by atoms with Crippen LogP contribution in [-0.4, -0.2) is 56.7 Å². The van der Waals surface area contributed by atoms with Gasteiger partial charge < -0.3 is 24.8 Å². The summed E-state index contributed by atoms with van der Waals surface area (Å²) in [5.41, 5.74) is 3.55. The molecular formula is C24H28FN4O3+. The van der Waals surface area contributed by atoms with Crippen LogP contribution < -0.4 is 15.1 Å². The number of anilines is 2. The zero-order valence-corrected chi connectivity index (χ0v) is 18.3. The van der Waals surface area contributed by atoms with Gasteiger partial charge >= 0.3 is 5.97 Å². The van der Waals surface area contributed by atoms with Crippen LogP contribution in [0.3, 0.4) is 0 Å². The van der Waals surface area contributed by atoms with Crippen molar-refractivity contribution in [2.45, 2.75) is 13.3 Å². The van der Waals surface area contributed by atoms with Crippen molar-refractivity contribution >= 4 is 34.2 Å². The molecule has 3 N–H and O–H groups in total. The number of piperazine rings is 1. The van der Waals surface area contributed by atoms with Crippen LogP contribution in [0.4, 0.5) is 15.8 Å². The van der Waals surface area contributed by atoms with Crippen molar-refractivity contribution in [3.8, 4) is 0 Å². The summed E-state index contributed by atoms with van der Waals surface area (Å²) in [6.07, 6.45) is 0.352. The average Bonchev–Trinajstić information content (AvgIpc) is 3.15. The molecule has 1 aromatic heterocycles. The first-order valence-corrected chi connectivity index (χ1v) is 10.8. The lowest BCUT2D eigenvalue weighted by atomic mass is 10.1. The number of methoxy groups -OCH3 is 1. The van der Waals surface area contributed by atoms with Gasteiger partial charge in [-0.25, -0.2) is 9.18 Å². The maximum absolute atomic E-state index is 13.1. The highest BCUT2D eigenvalue weighted by Gasteiger charge is 2.23. The van der Waals surface area contributed by atoms with Crippen molar-refractivity contribution in [2.24, 2.45) is 0 Å². The Labute approximate surface area is 186 Å². The number of aromatic nitrogens is 1. The van der Waals surface area contributed by atoms with Gasteiger partial charge in [0, 0.05) is 16.6 Å². The van der Waals surface area contributed by atoms with Gasteiger partial charge in [-0.1, -0.05) is 11.6 Å². The Morgan fingerprint density at radius 2 is 1.88 bits per heavy atom. The van der Waals surface area contributed by atoms with E-state index in [0.717, 1.165) is 48.3 Å². The minimum absolute atomic E-state index is 0.133. The molecule has 168 valence electrons. The molecule has 1 saturated heterocycles.